The molecule has 0 spiro atoms. The smallest absolute Gasteiger partial charge is 0.161 e. The van der Waals surface area contributed by atoms with Crippen LogP contribution in [0.3, 0.4) is 0 Å². The minimum Gasteiger partial charge on any atom is -0.508 e. The molecule has 0 aliphatic heterocycles. The maximum atomic E-state index is 12.3. The minimum atomic E-state index is -0.100. The number of nitrogens with one attached hydrogen (secondary N) is 2. The summed E-state index contributed by atoms with van der Waals surface area (Å²) in [5, 5.41) is 34.6. The quantitative estimate of drug-likeness (QED) is 0.0723. The highest BCUT2D eigenvalue weighted by atomic mass is 16.5. The summed E-state index contributed by atoms with van der Waals surface area (Å²) in [6.45, 7) is 1.26. The number of carbonyl (C=O) groups excluding carboxylic acids is 1. The van der Waals surface area contributed by atoms with E-state index < -0.39 is 0 Å². The maximum absolute atomic E-state index is 12.3. The van der Waals surface area contributed by atoms with E-state index in [1.807, 2.05) is 49.7 Å². The summed E-state index contributed by atoms with van der Waals surface area (Å²) >= 11 is 0. The summed E-state index contributed by atoms with van der Waals surface area (Å²) in [6.07, 6.45) is 12.6. The van der Waals surface area contributed by atoms with Crippen molar-refractivity contribution in [1.29, 1.82) is 0 Å². The van der Waals surface area contributed by atoms with Gasteiger partial charge >= 0.3 is 0 Å². The third-order valence-corrected chi connectivity index (χ3v) is 7.48. The van der Waals surface area contributed by atoms with Crippen molar-refractivity contribution in [3.8, 4) is 28.4 Å². The summed E-state index contributed by atoms with van der Waals surface area (Å²) in [4.78, 5) is 15.5. The second kappa shape index (κ2) is 15.8. The van der Waals surface area contributed by atoms with Gasteiger partial charge in [0.2, 0.25) is 0 Å². The summed E-state index contributed by atoms with van der Waals surface area (Å²) in [5.41, 5.74) is 5.32. The number of hydrogen-bond donors (Lipinski definition) is 5. The van der Waals surface area contributed by atoms with Crippen LogP contribution in [0.15, 0.2) is 72.9 Å². The van der Waals surface area contributed by atoms with E-state index in [1.165, 1.54) is 19.3 Å². The van der Waals surface area contributed by atoms with Gasteiger partial charge in [0.15, 0.2) is 17.3 Å². The van der Waals surface area contributed by atoms with Gasteiger partial charge in [0, 0.05) is 30.0 Å². The fourth-order valence-electron chi connectivity index (χ4n) is 5.16. The Kier molecular flexibility index (Phi) is 11.6. The number of phenols is 2. The number of hydrogen-bond acceptors (Lipinski definition) is 6. The summed E-state index contributed by atoms with van der Waals surface area (Å²) < 4.78 is 5.98. The molecule has 0 unspecified atom stereocenters. The first-order valence-electron chi connectivity index (χ1n) is 14.8. The topological polar surface area (TPSA) is 115 Å². The molecule has 0 fully saturated rings. The number of aliphatic hydroxyl groups is 1. The van der Waals surface area contributed by atoms with Crippen LogP contribution in [0.5, 0.6) is 17.2 Å². The summed E-state index contributed by atoms with van der Waals surface area (Å²) in [7, 11) is 1.97. The standard InChI is InChI=1S/C35H42N2O5/c1-36-17-7-5-3-2-4-6-8-30(39)12-9-25-10-14-33(41)34(20-25)42-19-16-26-11-13-31(40)23-32(26)28-21-27-15-18-37-35(27)29(22-28)24-38/h6,8,10-11,13-15,18,20-23,36-38,40-41H,2-5,7,9,12,16-17,19,24H2,1H3. The van der Waals surface area contributed by atoms with Crippen molar-refractivity contribution >= 4 is 16.7 Å². The van der Waals surface area contributed by atoms with Gasteiger partial charge in [-0.2, -0.15) is 0 Å². The van der Waals surface area contributed by atoms with E-state index in [-0.39, 0.29) is 23.9 Å². The molecule has 3 aromatic carbocycles. The van der Waals surface area contributed by atoms with E-state index >= 15 is 0 Å². The number of aromatic nitrogens is 1. The molecular formula is C35H42N2O5. The van der Waals surface area contributed by atoms with Crippen molar-refractivity contribution in [2.75, 3.05) is 20.2 Å². The molecule has 1 aromatic heterocycles. The van der Waals surface area contributed by atoms with Crippen molar-refractivity contribution < 1.29 is 24.9 Å². The van der Waals surface area contributed by atoms with E-state index in [0.717, 1.165) is 58.1 Å². The normalized spacial score (nSPS) is 11.5. The number of phenolic OH excluding ortho intramolecular Hbond substituents is 2. The fraction of sp³-hybridized carbons (Fsp3) is 0.343. The summed E-state index contributed by atoms with van der Waals surface area (Å²) in [6, 6.07) is 16.4. The molecule has 1 heterocycles. The largest absolute Gasteiger partial charge is 0.508 e. The Morgan fingerprint density at radius 2 is 1.81 bits per heavy atom. The second-order valence-electron chi connectivity index (χ2n) is 10.7. The van der Waals surface area contributed by atoms with Crippen LogP contribution in [0.4, 0.5) is 0 Å². The molecule has 0 bridgehead atoms. The van der Waals surface area contributed by atoms with Crippen LogP contribution in [0, 0.1) is 0 Å². The zero-order valence-corrected chi connectivity index (χ0v) is 24.4. The number of carbonyl (C=O) groups is 1. The number of fused-ring (bicyclic) bond motifs is 1. The number of ether oxygens (including phenoxy) is 1. The first-order chi connectivity index (χ1) is 20.5. The molecule has 7 heteroatoms. The zero-order valence-electron chi connectivity index (χ0n) is 24.4. The molecule has 222 valence electrons. The van der Waals surface area contributed by atoms with Gasteiger partial charge in [0.1, 0.15) is 5.75 Å². The molecule has 0 saturated carbocycles. The number of H-pyrrole nitrogens is 1. The minimum absolute atomic E-state index is 0.0520. The van der Waals surface area contributed by atoms with Crippen LogP contribution in [0.1, 0.15) is 55.2 Å². The average Bonchev–Trinajstić information content (AvgIpc) is 3.48. The predicted octanol–water partition coefficient (Wildman–Crippen LogP) is 6.59. The van der Waals surface area contributed by atoms with Crippen molar-refractivity contribution in [2.24, 2.45) is 0 Å². The molecule has 5 N–H and O–H groups in total. The van der Waals surface area contributed by atoms with E-state index in [2.05, 4.69) is 10.3 Å². The van der Waals surface area contributed by atoms with Gasteiger partial charge in [0.25, 0.3) is 0 Å². The van der Waals surface area contributed by atoms with Gasteiger partial charge in [-0.15, -0.1) is 0 Å². The first-order valence-corrected chi connectivity index (χ1v) is 14.8. The lowest BCUT2D eigenvalue weighted by Crippen LogP contribution is -2.06. The lowest BCUT2D eigenvalue weighted by molar-refractivity contribution is -0.114. The number of rotatable bonds is 17. The van der Waals surface area contributed by atoms with Gasteiger partial charge in [-0.25, -0.2) is 0 Å². The molecule has 0 saturated heterocycles. The number of aryl methyl sites for hydroxylation is 1. The Bertz CT molecular complexity index is 1490. The third-order valence-electron chi connectivity index (χ3n) is 7.48. The van der Waals surface area contributed by atoms with Crippen LogP contribution < -0.4 is 10.1 Å². The van der Waals surface area contributed by atoms with Gasteiger partial charge in [-0.1, -0.05) is 31.1 Å². The van der Waals surface area contributed by atoms with Crippen molar-refractivity contribution in [3.63, 3.8) is 0 Å². The second-order valence-corrected chi connectivity index (χ2v) is 10.7. The van der Waals surface area contributed by atoms with E-state index in [9.17, 15) is 20.1 Å². The lowest BCUT2D eigenvalue weighted by atomic mass is 9.95. The predicted molar refractivity (Wildman–Crippen MR) is 168 cm³/mol. The van der Waals surface area contributed by atoms with Crippen molar-refractivity contribution in [3.05, 3.63) is 89.6 Å². The third kappa shape index (κ3) is 8.71. The number of benzene rings is 3. The molecule has 0 radical (unpaired) electrons. The van der Waals surface area contributed by atoms with E-state index in [4.69, 9.17) is 4.74 Å². The summed E-state index contributed by atoms with van der Waals surface area (Å²) in [5.74, 6) is 0.689. The Labute approximate surface area is 247 Å². The molecule has 7 nitrogen and oxygen atoms in total. The van der Waals surface area contributed by atoms with Crippen LogP contribution in [-0.2, 0) is 24.2 Å². The van der Waals surface area contributed by atoms with Crippen LogP contribution in [0.2, 0.25) is 0 Å². The molecule has 4 aromatic rings. The Morgan fingerprint density at radius 3 is 2.64 bits per heavy atom. The van der Waals surface area contributed by atoms with Gasteiger partial charge in [-0.05, 0) is 110 Å². The van der Waals surface area contributed by atoms with Crippen LogP contribution in [-0.4, -0.2) is 46.3 Å². The number of unbranched alkanes of at least 4 members (excludes halogenated alkanes) is 4. The SMILES string of the molecule is CNCCCCCCC=CC(=O)CCc1ccc(O)c(OCCc2ccc(O)cc2-c2cc(CO)c3[nH]ccc3c2)c1. The molecule has 0 aliphatic carbocycles. The monoisotopic (exact) mass is 570 g/mol. The van der Waals surface area contributed by atoms with Crippen molar-refractivity contribution in [2.45, 2.75) is 58.0 Å². The van der Waals surface area contributed by atoms with E-state index in [0.29, 0.717) is 31.6 Å². The molecule has 0 atom stereocenters. The molecule has 0 amide bonds. The molecular weight excluding hydrogens is 528 g/mol. The Balaban J connectivity index is 1.32. The van der Waals surface area contributed by atoms with Crippen molar-refractivity contribution in [1.82, 2.24) is 10.3 Å². The van der Waals surface area contributed by atoms with Crippen LogP contribution >= 0.6 is 0 Å². The molecule has 4 rings (SSSR count). The van der Waals surface area contributed by atoms with Gasteiger partial charge in [0.05, 0.1) is 18.7 Å². The highest BCUT2D eigenvalue weighted by Crippen LogP contribution is 2.33. The van der Waals surface area contributed by atoms with Gasteiger partial charge < -0.3 is 30.4 Å². The van der Waals surface area contributed by atoms with Crippen LogP contribution in [0.25, 0.3) is 22.0 Å². The number of aromatic amines is 1. The number of aliphatic hydroxyl groups excluding tert-OH is 1. The van der Waals surface area contributed by atoms with E-state index in [1.54, 1.807) is 30.3 Å². The Hall–Kier alpha value is -4.07. The average molecular weight is 571 g/mol. The number of allylic oxidation sites excluding steroid dienone is 2. The number of ketones is 1. The lowest BCUT2D eigenvalue weighted by Gasteiger charge is -2.14. The highest BCUT2D eigenvalue weighted by molar-refractivity contribution is 5.90. The maximum Gasteiger partial charge on any atom is 0.161 e. The van der Waals surface area contributed by atoms with Gasteiger partial charge in [-0.3, -0.25) is 4.79 Å². The molecule has 0 aliphatic rings. The molecule has 42 heavy (non-hydrogen) atoms. The highest BCUT2D eigenvalue weighted by Gasteiger charge is 2.12. The Morgan fingerprint density at radius 1 is 0.952 bits per heavy atom. The number of aromatic hydroxyl groups is 2. The first kappa shape index (κ1) is 30.9. The zero-order chi connectivity index (χ0) is 29.7. The fourth-order valence-corrected chi connectivity index (χ4v) is 5.16.